The molecule has 2 N–H and O–H groups in total. The third-order valence-electron chi connectivity index (χ3n) is 6.31. The molecular formula is C28H26N4O2. The Morgan fingerprint density at radius 2 is 1.50 bits per heavy atom. The Labute approximate surface area is 198 Å². The fraction of sp³-hybridized carbons (Fsp3) is 0.179. The van der Waals surface area contributed by atoms with Crippen molar-refractivity contribution >= 4 is 17.6 Å². The fourth-order valence-electron chi connectivity index (χ4n) is 4.51. The third-order valence-corrected chi connectivity index (χ3v) is 6.31. The summed E-state index contributed by atoms with van der Waals surface area (Å²) in [4.78, 5) is 26.5. The highest BCUT2D eigenvalue weighted by Crippen LogP contribution is 2.40. The van der Waals surface area contributed by atoms with Gasteiger partial charge in [0, 0.05) is 17.0 Å². The van der Waals surface area contributed by atoms with Crippen molar-refractivity contribution in [3.05, 3.63) is 112 Å². The number of hydrogen-bond acceptors (Lipinski definition) is 3. The minimum atomic E-state index is -0.780. The second kappa shape index (κ2) is 8.63. The second-order valence-electron chi connectivity index (χ2n) is 8.79. The van der Waals surface area contributed by atoms with Crippen molar-refractivity contribution in [2.75, 3.05) is 5.32 Å². The Hall–Kier alpha value is -4.19. The summed E-state index contributed by atoms with van der Waals surface area (Å²) in [5, 5.41) is 10.8. The van der Waals surface area contributed by atoms with Crippen molar-refractivity contribution in [3.63, 3.8) is 0 Å². The number of hydrogen-bond donors (Lipinski definition) is 2. The Morgan fingerprint density at radius 3 is 2.15 bits per heavy atom. The Bertz CT molecular complexity index is 1360. The summed E-state index contributed by atoms with van der Waals surface area (Å²) in [6, 6.07) is 24.3. The topological polar surface area (TPSA) is 76.0 Å². The molecule has 2 heterocycles. The summed E-state index contributed by atoms with van der Waals surface area (Å²) in [6.45, 7) is 6.00. The molecule has 3 aromatic carbocycles. The van der Waals surface area contributed by atoms with E-state index in [2.05, 4.69) is 10.6 Å². The number of carbonyl (C=O) groups excluding carboxylic acids is 2. The van der Waals surface area contributed by atoms with Crippen LogP contribution < -0.4 is 10.6 Å². The second-order valence-corrected chi connectivity index (χ2v) is 8.79. The molecule has 34 heavy (non-hydrogen) atoms. The number of anilines is 1. The average Bonchev–Trinajstić information content (AvgIpc) is 3.17. The number of aromatic nitrogens is 2. The van der Waals surface area contributed by atoms with Crippen LogP contribution in [0.4, 0.5) is 5.82 Å². The lowest BCUT2D eigenvalue weighted by molar-refractivity contribution is -0.118. The van der Waals surface area contributed by atoms with Crippen LogP contribution in [0.15, 0.2) is 78.9 Å². The van der Waals surface area contributed by atoms with E-state index in [0.29, 0.717) is 11.4 Å². The normalized spacial score (nSPS) is 17.1. The number of rotatable bonds is 4. The van der Waals surface area contributed by atoms with Crippen LogP contribution in [0.3, 0.4) is 0 Å². The number of nitrogens with zero attached hydrogens (tertiary/aromatic N) is 2. The van der Waals surface area contributed by atoms with E-state index < -0.39 is 6.04 Å². The van der Waals surface area contributed by atoms with Crippen molar-refractivity contribution in [1.29, 1.82) is 0 Å². The quantitative estimate of drug-likeness (QED) is 0.474. The van der Waals surface area contributed by atoms with Gasteiger partial charge in [0.2, 0.25) is 5.91 Å². The minimum Gasteiger partial charge on any atom is -0.339 e. The smallest absolute Gasteiger partial charge is 0.251 e. The van der Waals surface area contributed by atoms with E-state index in [9.17, 15) is 9.59 Å². The molecule has 2 amide bonds. The van der Waals surface area contributed by atoms with Crippen LogP contribution in [0.1, 0.15) is 44.2 Å². The first-order valence-corrected chi connectivity index (χ1v) is 11.3. The predicted molar refractivity (Wildman–Crippen MR) is 132 cm³/mol. The number of carbonyl (C=O) groups is 2. The van der Waals surface area contributed by atoms with Gasteiger partial charge in [-0.15, -0.1) is 0 Å². The molecule has 1 aliphatic heterocycles. The molecular weight excluding hydrogens is 424 g/mol. The van der Waals surface area contributed by atoms with Crippen LogP contribution in [-0.2, 0) is 4.79 Å². The van der Waals surface area contributed by atoms with E-state index in [1.54, 1.807) is 28.9 Å². The summed E-state index contributed by atoms with van der Waals surface area (Å²) in [5.41, 5.74) is 6.31. The maximum Gasteiger partial charge on any atom is 0.251 e. The monoisotopic (exact) mass is 450 g/mol. The van der Waals surface area contributed by atoms with E-state index in [-0.39, 0.29) is 17.7 Å². The van der Waals surface area contributed by atoms with Crippen LogP contribution in [0.2, 0.25) is 0 Å². The van der Waals surface area contributed by atoms with Gasteiger partial charge in [-0.3, -0.25) is 9.59 Å². The maximum absolute atomic E-state index is 13.5. The number of benzene rings is 3. The van der Waals surface area contributed by atoms with Crippen molar-refractivity contribution in [2.24, 2.45) is 0 Å². The molecule has 0 aliphatic carbocycles. The molecule has 0 saturated carbocycles. The SMILES string of the molecule is Cc1ccc([C@H]2c3c(C)nn(-c4ccc(C)cc4)c3NC(=O)[C@H]2NC(=O)c2ccccc2)cc1. The highest BCUT2D eigenvalue weighted by Gasteiger charge is 2.41. The van der Waals surface area contributed by atoms with E-state index in [0.717, 1.165) is 33.6 Å². The fourth-order valence-corrected chi connectivity index (χ4v) is 4.51. The molecule has 170 valence electrons. The first-order chi connectivity index (χ1) is 16.4. The van der Waals surface area contributed by atoms with Crippen LogP contribution in [0.5, 0.6) is 0 Å². The molecule has 0 fully saturated rings. The van der Waals surface area contributed by atoms with Crippen molar-refractivity contribution < 1.29 is 9.59 Å². The number of nitrogens with one attached hydrogen (secondary N) is 2. The number of fused-ring (bicyclic) bond motifs is 1. The van der Waals surface area contributed by atoms with Gasteiger partial charge in [0.05, 0.1) is 11.4 Å². The van der Waals surface area contributed by atoms with Gasteiger partial charge in [-0.05, 0) is 50.6 Å². The zero-order chi connectivity index (χ0) is 23.8. The predicted octanol–water partition coefficient (Wildman–Crippen LogP) is 4.68. The first-order valence-electron chi connectivity index (χ1n) is 11.3. The average molecular weight is 451 g/mol. The minimum absolute atomic E-state index is 0.268. The van der Waals surface area contributed by atoms with E-state index >= 15 is 0 Å². The molecule has 2 atom stereocenters. The summed E-state index contributed by atoms with van der Waals surface area (Å²) in [5.74, 6) is -0.293. The van der Waals surface area contributed by atoms with Crippen LogP contribution >= 0.6 is 0 Å². The van der Waals surface area contributed by atoms with E-state index in [1.807, 2.05) is 75.4 Å². The summed E-state index contributed by atoms with van der Waals surface area (Å²) < 4.78 is 1.78. The van der Waals surface area contributed by atoms with Crippen LogP contribution in [-0.4, -0.2) is 27.6 Å². The van der Waals surface area contributed by atoms with Crippen LogP contribution in [0.25, 0.3) is 5.69 Å². The molecule has 0 spiro atoms. The largest absolute Gasteiger partial charge is 0.339 e. The maximum atomic E-state index is 13.5. The van der Waals surface area contributed by atoms with Gasteiger partial charge < -0.3 is 10.6 Å². The van der Waals surface area contributed by atoms with Gasteiger partial charge in [-0.25, -0.2) is 4.68 Å². The van der Waals surface area contributed by atoms with Gasteiger partial charge >= 0.3 is 0 Å². The Morgan fingerprint density at radius 1 is 0.882 bits per heavy atom. The van der Waals surface area contributed by atoms with Crippen LogP contribution in [0, 0.1) is 20.8 Å². The van der Waals surface area contributed by atoms with Gasteiger partial charge in [0.15, 0.2) is 0 Å². The molecule has 4 aromatic rings. The lowest BCUT2D eigenvalue weighted by Gasteiger charge is -2.33. The third kappa shape index (κ3) is 3.88. The molecule has 5 rings (SSSR count). The van der Waals surface area contributed by atoms with Crippen molar-refractivity contribution in [1.82, 2.24) is 15.1 Å². The summed E-state index contributed by atoms with van der Waals surface area (Å²) in [6.07, 6.45) is 0. The standard InChI is InChI=1S/C28H26N4O2/c1-17-9-13-20(14-10-17)24-23-19(3)31-32(22-15-11-18(2)12-16-22)26(23)30-28(34)25(24)29-27(33)21-7-5-4-6-8-21/h4-16,24-25H,1-3H3,(H,29,33)(H,30,34)/t24-,25-/m0/s1. The van der Waals surface area contributed by atoms with E-state index in [4.69, 9.17) is 5.10 Å². The number of amides is 2. The van der Waals surface area contributed by atoms with E-state index in [1.165, 1.54) is 0 Å². The molecule has 6 nitrogen and oxygen atoms in total. The Balaban J connectivity index is 1.62. The first kappa shape index (κ1) is 21.6. The zero-order valence-electron chi connectivity index (χ0n) is 19.4. The highest BCUT2D eigenvalue weighted by atomic mass is 16.2. The molecule has 6 heteroatoms. The van der Waals surface area contributed by atoms with Gasteiger partial charge in [-0.1, -0.05) is 65.7 Å². The van der Waals surface area contributed by atoms with Crippen molar-refractivity contribution in [3.8, 4) is 5.69 Å². The highest BCUT2D eigenvalue weighted by molar-refractivity contribution is 6.04. The van der Waals surface area contributed by atoms with Gasteiger partial charge in [0.1, 0.15) is 11.9 Å². The molecule has 0 saturated heterocycles. The molecule has 1 aromatic heterocycles. The van der Waals surface area contributed by atoms with Gasteiger partial charge in [-0.2, -0.15) is 5.10 Å². The lowest BCUT2D eigenvalue weighted by atomic mass is 9.81. The molecule has 0 radical (unpaired) electrons. The molecule has 0 unspecified atom stereocenters. The zero-order valence-corrected chi connectivity index (χ0v) is 19.4. The lowest BCUT2D eigenvalue weighted by Crippen LogP contribution is -2.50. The summed E-state index contributed by atoms with van der Waals surface area (Å²) >= 11 is 0. The molecule has 0 bridgehead atoms. The number of aryl methyl sites for hydroxylation is 3. The van der Waals surface area contributed by atoms with Gasteiger partial charge in [0.25, 0.3) is 5.91 Å². The summed E-state index contributed by atoms with van der Waals surface area (Å²) in [7, 11) is 0. The van der Waals surface area contributed by atoms with Crippen molar-refractivity contribution in [2.45, 2.75) is 32.7 Å². The molecule has 1 aliphatic rings. The Kier molecular flexibility index (Phi) is 5.49.